The van der Waals surface area contributed by atoms with E-state index in [1.54, 1.807) is 6.33 Å². The van der Waals surface area contributed by atoms with E-state index < -0.39 is 0 Å². The summed E-state index contributed by atoms with van der Waals surface area (Å²) in [5.41, 5.74) is 0. The van der Waals surface area contributed by atoms with Gasteiger partial charge in [0.25, 0.3) is 0 Å². The van der Waals surface area contributed by atoms with Crippen molar-refractivity contribution in [2.24, 2.45) is 0 Å². The Morgan fingerprint density at radius 3 is 2.65 bits per heavy atom. The lowest BCUT2D eigenvalue weighted by molar-refractivity contribution is -0.126. The van der Waals surface area contributed by atoms with Gasteiger partial charge in [-0.1, -0.05) is 0 Å². The van der Waals surface area contributed by atoms with Gasteiger partial charge in [0.05, 0.1) is 6.04 Å². The van der Waals surface area contributed by atoms with E-state index in [0.29, 0.717) is 25.2 Å². The fourth-order valence-corrected chi connectivity index (χ4v) is 3.09. The Kier molecular flexibility index (Phi) is 4.75. The molecule has 3 atom stereocenters. The molecular weight excluding hydrogens is 254 g/mol. The highest BCUT2D eigenvalue weighted by Crippen LogP contribution is 2.25. The van der Waals surface area contributed by atoms with Crippen molar-refractivity contribution in [3.8, 4) is 0 Å². The number of amides is 1. The summed E-state index contributed by atoms with van der Waals surface area (Å²) >= 11 is 0. The van der Waals surface area contributed by atoms with Crippen LogP contribution in [0.25, 0.3) is 0 Å². The molecule has 1 amide bonds. The predicted molar refractivity (Wildman–Crippen MR) is 77.2 cm³/mol. The van der Waals surface area contributed by atoms with E-state index in [0.717, 1.165) is 5.82 Å². The molecule has 1 aromatic rings. The molecule has 2 rings (SSSR count). The highest BCUT2D eigenvalue weighted by molar-refractivity contribution is 5.81. The number of carbonyl (C=O) groups is 1. The van der Waals surface area contributed by atoms with Crippen LogP contribution in [-0.2, 0) is 11.3 Å². The van der Waals surface area contributed by atoms with Gasteiger partial charge >= 0.3 is 0 Å². The van der Waals surface area contributed by atoms with Gasteiger partial charge in [0.1, 0.15) is 12.2 Å². The van der Waals surface area contributed by atoms with Crippen LogP contribution in [0.1, 0.15) is 39.4 Å². The summed E-state index contributed by atoms with van der Waals surface area (Å²) in [7, 11) is 0. The number of likely N-dealkylation sites (tertiary alicyclic amines) is 1. The predicted octanol–water partition coefficient (Wildman–Crippen LogP) is 0.964. The molecule has 1 aromatic heterocycles. The summed E-state index contributed by atoms with van der Waals surface area (Å²) < 4.78 is 1.94. The lowest BCUT2D eigenvalue weighted by atomic mass is 10.2. The van der Waals surface area contributed by atoms with Crippen LogP contribution in [0.4, 0.5) is 0 Å². The maximum Gasteiger partial charge on any atom is 0.237 e. The second kappa shape index (κ2) is 6.35. The summed E-state index contributed by atoms with van der Waals surface area (Å²) in [5.74, 6) is 0.977. The van der Waals surface area contributed by atoms with Crippen molar-refractivity contribution in [1.29, 1.82) is 0 Å². The molecule has 1 saturated heterocycles. The van der Waals surface area contributed by atoms with Crippen LogP contribution in [0.15, 0.2) is 6.33 Å². The molecule has 112 valence electrons. The zero-order valence-electron chi connectivity index (χ0n) is 12.8. The maximum atomic E-state index is 12.2. The Balaban J connectivity index is 1.81. The first kappa shape index (κ1) is 15.0. The highest BCUT2D eigenvalue weighted by atomic mass is 16.2. The third kappa shape index (κ3) is 3.17. The second-order valence-corrected chi connectivity index (χ2v) is 5.76. The average Bonchev–Trinajstić information content (AvgIpc) is 2.96. The molecule has 1 fully saturated rings. The fourth-order valence-electron chi connectivity index (χ4n) is 3.09. The Morgan fingerprint density at radius 1 is 1.45 bits per heavy atom. The lowest BCUT2D eigenvalue weighted by Crippen LogP contribution is -2.49. The number of hydrogen-bond donors (Lipinski definition) is 1. The van der Waals surface area contributed by atoms with Gasteiger partial charge in [-0.3, -0.25) is 9.69 Å². The SMILES string of the molecule is Cc1nncn1CCNC(=O)[C@H](C)N1[C@H](C)CC[C@H]1C. The Labute approximate surface area is 120 Å². The van der Waals surface area contributed by atoms with Crippen LogP contribution >= 0.6 is 0 Å². The van der Waals surface area contributed by atoms with E-state index in [4.69, 9.17) is 0 Å². The van der Waals surface area contributed by atoms with Gasteiger partial charge in [-0.25, -0.2) is 0 Å². The van der Waals surface area contributed by atoms with Crippen LogP contribution in [0, 0.1) is 6.92 Å². The van der Waals surface area contributed by atoms with Gasteiger partial charge < -0.3 is 9.88 Å². The van der Waals surface area contributed by atoms with Gasteiger partial charge in [-0.2, -0.15) is 0 Å². The quantitative estimate of drug-likeness (QED) is 0.872. The first-order valence-corrected chi connectivity index (χ1v) is 7.40. The zero-order valence-corrected chi connectivity index (χ0v) is 12.8. The first-order valence-electron chi connectivity index (χ1n) is 7.40. The van der Waals surface area contributed by atoms with Crippen molar-refractivity contribution in [2.75, 3.05) is 6.54 Å². The van der Waals surface area contributed by atoms with Crippen molar-refractivity contribution in [1.82, 2.24) is 25.0 Å². The molecule has 1 aliphatic rings. The molecule has 0 spiro atoms. The number of nitrogens with one attached hydrogen (secondary N) is 1. The molecule has 20 heavy (non-hydrogen) atoms. The number of rotatable bonds is 5. The molecule has 0 aromatic carbocycles. The van der Waals surface area contributed by atoms with Crippen LogP contribution in [0.3, 0.4) is 0 Å². The Bertz CT molecular complexity index is 448. The van der Waals surface area contributed by atoms with Gasteiger partial charge in [0.15, 0.2) is 0 Å². The van der Waals surface area contributed by atoms with Crippen LogP contribution in [0.2, 0.25) is 0 Å². The molecule has 0 radical (unpaired) electrons. The molecular formula is C14H25N5O. The molecule has 0 aliphatic carbocycles. The molecule has 2 heterocycles. The van der Waals surface area contributed by atoms with Gasteiger partial charge in [0.2, 0.25) is 5.91 Å². The Morgan fingerprint density at radius 2 is 2.10 bits per heavy atom. The molecule has 6 nitrogen and oxygen atoms in total. The number of carbonyl (C=O) groups excluding carboxylic acids is 1. The van der Waals surface area contributed by atoms with E-state index in [-0.39, 0.29) is 11.9 Å². The minimum absolute atomic E-state index is 0.0653. The number of nitrogens with zero attached hydrogens (tertiary/aromatic N) is 4. The normalized spacial score (nSPS) is 24.8. The summed E-state index contributed by atoms with van der Waals surface area (Å²) in [5, 5.41) is 10.8. The summed E-state index contributed by atoms with van der Waals surface area (Å²) in [6.45, 7) is 9.63. The lowest BCUT2D eigenvalue weighted by Gasteiger charge is -2.31. The third-order valence-electron chi connectivity index (χ3n) is 4.31. The topological polar surface area (TPSA) is 63.1 Å². The smallest absolute Gasteiger partial charge is 0.237 e. The second-order valence-electron chi connectivity index (χ2n) is 5.76. The number of aryl methyl sites for hydroxylation is 1. The Hall–Kier alpha value is -1.43. The van der Waals surface area contributed by atoms with Gasteiger partial charge in [-0.05, 0) is 40.5 Å². The molecule has 1 N–H and O–H groups in total. The van der Waals surface area contributed by atoms with Crippen molar-refractivity contribution in [3.05, 3.63) is 12.2 Å². The van der Waals surface area contributed by atoms with Gasteiger partial charge in [0, 0.05) is 25.2 Å². The summed E-state index contributed by atoms with van der Waals surface area (Å²) in [6.07, 6.45) is 4.05. The van der Waals surface area contributed by atoms with Crippen molar-refractivity contribution >= 4 is 5.91 Å². The van der Waals surface area contributed by atoms with E-state index >= 15 is 0 Å². The number of hydrogen-bond acceptors (Lipinski definition) is 4. The monoisotopic (exact) mass is 279 g/mol. The maximum absolute atomic E-state index is 12.2. The molecule has 1 aliphatic heterocycles. The van der Waals surface area contributed by atoms with Crippen LogP contribution in [-0.4, -0.2) is 50.2 Å². The van der Waals surface area contributed by atoms with E-state index in [1.165, 1.54) is 12.8 Å². The van der Waals surface area contributed by atoms with E-state index in [2.05, 4.69) is 34.3 Å². The van der Waals surface area contributed by atoms with Crippen LogP contribution in [0.5, 0.6) is 0 Å². The van der Waals surface area contributed by atoms with Gasteiger partial charge in [-0.15, -0.1) is 10.2 Å². The zero-order chi connectivity index (χ0) is 14.7. The third-order valence-corrected chi connectivity index (χ3v) is 4.31. The number of aromatic nitrogens is 3. The molecule has 0 unspecified atom stereocenters. The standard InChI is InChI=1S/C14H25N5O/c1-10-5-6-11(2)19(10)12(3)14(20)15-7-8-18-9-16-17-13(18)4/h9-12H,5-8H2,1-4H3,(H,15,20)/t10-,11-,12+/m1/s1. The van der Waals surface area contributed by atoms with E-state index in [9.17, 15) is 4.79 Å². The molecule has 6 heteroatoms. The summed E-state index contributed by atoms with van der Waals surface area (Å²) in [4.78, 5) is 14.6. The van der Waals surface area contributed by atoms with E-state index in [1.807, 2.05) is 18.4 Å². The minimum Gasteiger partial charge on any atom is -0.353 e. The molecule has 0 saturated carbocycles. The van der Waals surface area contributed by atoms with Crippen molar-refractivity contribution < 1.29 is 4.79 Å². The average molecular weight is 279 g/mol. The van der Waals surface area contributed by atoms with Crippen molar-refractivity contribution in [2.45, 2.75) is 65.2 Å². The largest absolute Gasteiger partial charge is 0.353 e. The highest BCUT2D eigenvalue weighted by Gasteiger charge is 2.34. The minimum atomic E-state index is -0.0653. The van der Waals surface area contributed by atoms with Crippen LogP contribution < -0.4 is 5.32 Å². The summed E-state index contributed by atoms with van der Waals surface area (Å²) in [6, 6.07) is 0.918. The molecule has 0 bridgehead atoms. The van der Waals surface area contributed by atoms with Crippen molar-refractivity contribution in [3.63, 3.8) is 0 Å². The fraction of sp³-hybridized carbons (Fsp3) is 0.786. The first-order chi connectivity index (χ1) is 9.50.